The molecule has 5 N–H and O–H groups in total. The molecule has 1 fully saturated rings. The van der Waals surface area contributed by atoms with Crippen molar-refractivity contribution in [1.82, 2.24) is 19.5 Å². The van der Waals surface area contributed by atoms with Crippen molar-refractivity contribution in [3.63, 3.8) is 0 Å². The molecule has 0 saturated carbocycles. The summed E-state index contributed by atoms with van der Waals surface area (Å²) in [5, 5.41) is 34.9. The van der Waals surface area contributed by atoms with E-state index in [2.05, 4.69) is 20.3 Å². The van der Waals surface area contributed by atoms with Crippen molar-refractivity contribution in [2.45, 2.75) is 31.1 Å². The van der Waals surface area contributed by atoms with Gasteiger partial charge in [0.1, 0.15) is 18.5 Å². The van der Waals surface area contributed by atoms with Gasteiger partial charge in [0.2, 0.25) is 0 Å². The minimum atomic E-state index is -1.14. The number of aliphatic hydroxyl groups excluding tert-OH is 2. The van der Waals surface area contributed by atoms with Gasteiger partial charge < -0.3 is 26.0 Å². The number of non-ortho nitro benzene ring substituents is 1. The number of nitrogens with one attached hydrogen (secondary N) is 1. The number of ether oxygens (including phenoxy) is 1. The highest BCUT2D eigenvalue weighted by Crippen LogP contribution is 2.33. The monoisotopic (exact) mass is 461 g/mol. The highest BCUT2D eigenvalue weighted by molar-refractivity contribution is 7.99. The van der Waals surface area contributed by atoms with Crippen LogP contribution in [-0.2, 0) is 11.3 Å². The Morgan fingerprint density at radius 2 is 2.00 bits per heavy atom. The lowest BCUT2D eigenvalue weighted by Gasteiger charge is -2.16. The van der Waals surface area contributed by atoms with Gasteiger partial charge in [-0.25, -0.2) is 15.0 Å². The fourth-order valence-corrected chi connectivity index (χ4v) is 4.31. The summed E-state index contributed by atoms with van der Waals surface area (Å²) >= 11 is 1.55. The van der Waals surface area contributed by atoms with Crippen LogP contribution in [0.4, 0.5) is 11.5 Å². The van der Waals surface area contributed by atoms with E-state index in [-0.39, 0.29) is 5.69 Å². The SMILES string of the molecule is NCCSC[C@H]1O[C@@H](n2cnc3c(NCc4ccc([N+](=O)[O-])cc4)ncnc32)[C@H](O)[C@@H]1O. The molecule has 32 heavy (non-hydrogen) atoms. The van der Waals surface area contributed by atoms with Crippen LogP contribution in [0.15, 0.2) is 36.9 Å². The van der Waals surface area contributed by atoms with Gasteiger partial charge >= 0.3 is 0 Å². The Balaban J connectivity index is 1.50. The summed E-state index contributed by atoms with van der Waals surface area (Å²) in [5.41, 5.74) is 7.27. The van der Waals surface area contributed by atoms with E-state index in [4.69, 9.17) is 10.5 Å². The van der Waals surface area contributed by atoms with Crippen LogP contribution >= 0.6 is 11.8 Å². The van der Waals surface area contributed by atoms with Crippen molar-refractivity contribution in [2.24, 2.45) is 5.73 Å². The lowest BCUT2D eigenvalue weighted by atomic mass is 10.1. The first-order valence-corrected chi connectivity index (χ1v) is 11.1. The number of nitro benzene ring substituents is 1. The minimum absolute atomic E-state index is 0.0222. The second kappa shape index (κ2) is 9.75. The number of aliphatic hydroxyl groups is 2. The second-order valence-corrected chi connectivity index (χ2v) is 8.38. The first-order chi connectivity index (χ1) is 15.5. The molecule has 170 valence electrons. The lowest BCUT2D eigenvalue weighted by Crippen LogP contribution is -2.32. The highest BCUT2D eigenvalue weighted by Gasteiger charge is 2.44. The Hall–Kier alpha value is -2.84. The lowest BCUT2D eigenvalue weighted by molar-refractivity contribution is -0.384. The van der Waals surface area contributed by atoms with Gasteiger partial charge in [-0.05, 0) is 5.56 Å². The van der Waals surface area contributed by atoms with Crippen molar-refractivity contribution in [1.29, 1.82) is 0 Å². The quantitative estimate of drug-likeness (QED) is 0.200. The van der Waals surface area contributed by atoms with E-state index in [0.29, 0.717) is 35.8 Å². The average molecular weight is 462 g/mol. The van der Waals surface area contributed by atoms with Gasteiger partial charge in [0, 0.05) is 36.7 Å². The zero-order valence-electron chi connectivity index (χ0n) is 16.9. The zero-order chi connectivity index (χ0) is 22.7. The molecular formula is C19H23N7O5S. The van der Waals surface area contributed by atoms with Crippen LogP contribution in [0.5, 0.6) is 0 Å². The molecule has 3 heterocycles. The number of imidazole rings is 1. The fourth-order valence-electron chi connectivity index (χ4n) is 3.47. The van der Waals surface area contributed by atoms with E-state index in [0.717, 1.165) is 11.3 Å². The molecule has 12 nitrogen and oxygen atoms in total. The Morgan fingerprint density at radius 1 is 1.22 bits per heavy atom. The number of nitro groups is 1. The van der Waals surface area contributed by atoms with Gasteiger partial charge in [-0.1, -0.05) is 12.1 Å². The minimum Gasteiger partial charge on any atom is -0.387 e. The van der Waals surface area contributed by atoms with Gasteiger partial charge in [-0.15, -0.1) is 0 Å². The number of hydrogen-bond acceptors (Lipinski definition) is 11. The fraction of sp³-hybridized carbons (Fsp3) is 0.421. The molecule has 0 aliphatic carbocycles. The van der Waals surface area contributed by atoms with E-state index in [1.165, 1.54) is 24.8 Å². The number of aromatic nitrogens is 4. The number of nitrogens with zero attached hydrogens (tertiary/aromatic N) is 5. The largest absolute Gasteiger partial charge is 0.387 e. The van der Waals surface area contributed by atoms with Crippen molar-refractivity contribution in [2.75, 3.05) is 23.4 Å². The maximum atomic E-state index is 10.8. The van der Waals surface area contributed by atoms with Crippen LogP contribution in [0.2, 0.25) is 0 Å². The summed E-state index contributed by atoms with van der Waals surface area (Å²) < 4.78 is 7.49. The molecule has 2 aromatic heterocycles. The summed E-state index contributed by atoms with van der Waals surface area (Å²) in [6.07, 6.45) is -0.689. The standard InChI is InChI=1S/C19H23N7O5S/c20-5-6-32-8-13-15(27)16(28)19(31-13)25-10-24-14-17(22-9-23-18(14)25)21-7-11-1-3-12(4-2-11)26(29)30/h1-4,9-10,13,15-16,19,27-28H,5-8,20H2,(H,21,22,23)/t13-,15-,16-,19-/m1/s1. The summed E-state index contributed by atoms with van der Waals surface area (Å²) in [7, 11) is 0. The molecule has 1 aromatic carbocycles. The number of thioether (sulfide) groups is 1. The van der Waals surface area contributed by atoms with Gasteiger partial charge in [0.05, 0.1) is 17.4 Å². The Bertz CT molecular complexity index is 1080. The highest BCUT2D eigenvalue weighted by atomic mass is 32.2. The van der Waals surface area contributed by atoms with E-state index < -0.39 is 29.5 Å². The Labute approximate surface area is 187 Å². The van der Waals surface area contributed by atoms with Crippen LogP contribution in [0.3, 0.4) is 0 Å². The topological polar surface area (TPSA) is 174 Å². The van der Waals surface area contributed by atoms with Gasteiger partial charge in [-0.2, -0.15) is 11.8 Å². The smallest absolute Gasteiger partial charge is 0.269 e. The van der Waals surface area contributed by atoms with Crippen LogP contribution in [0.1, 0.15) is 11.8 Å². The molecular weight excluding hydrogens is 438 g/mol. The normalized spacial score (nSPS) is 23.0. The van der Waals surface area contributed by atoms with Gasteiger partial charge in [-0.3, -0.25) is 14.7 Å². The third-order valence-electron chi connectivity index (χ3n) is 5.12. The number of hydrogen-bond donors (Lipinski definition) is 4. The van der Waals surface area contributed by atoms with Gasteiger partial charge in [0.15, 0.2) is 23.2 Å². The van der Waals surface area contributed by atoms with Crippen LogP contribution < -0.4 is 11.1 Å². The maximum Gasteiger partial charge on any atom is 0.269 e. The number of benzene rings is 1. The first kappa shape index (κ1) is 22.4. The maximum absolute atomic E-state index is 10.8. The van der Waals surface area contributed by atoms with Gasteiger partial charge in [0.25, 0.3) is 5.69 Å². The molecule has 4 atom stereocenters. The van der Waals surface area contributed by atoms with E-state index in [1.54, 1.807) is 28.5 Å². The molecule has 3 aromatic rings. The van der Waals surface area contributed by atoms with E-state index >= 15 is 0 Å². The number of rotatable bonds is 9. The molecule has 0 amide bonds. The molecule has 4 rings (SSSR count). The van der Waals surface area contributed by atoms with Crippen molar-refractivity contribution < 1.29 is 19.9 Å². The molecule has 1 saturated heterocycles. The first-order valence-electron chi connectivity index (χ1n) is 9.93. The Morgan fingerprint density at radius 3 is 2.72 bits per heavy atom. The Kier molecular flexibility index (Phi) is 6.81. The van der Waals surface area contributed by atoms with Crippen LogP contribution in [-0.4, -0.2) is 71.0 Å². The number of nitrogens with two attached hydrogens (primary N) is 1. The predicted molar refractivity (Wildman–Crippen MR) is 118 cm³/mol. The molecule has 1 aliphatic heterocycles. The third kappa shape index (κ3) is 4.52. The van der Waals surface area contributed by atoms with Crippen molar-refractivity contribution in [3.8, 4) is 0 Å². The molecule has 0 bridgehead atoms. The molecule has 0 spiro atoms. The van der Waals surface area contributed by atoms with Crippen molar-refractivity contribution in [3.05, 3.63) is 52.6 Å². The van der Waals surface area contributed by atoms with Crippen molar-refractivity contribution >= 4 is 34.4 Å². The third-order valence-corrected chi connectivity index (χ3v) is 6.21. The van der Waals surface area contributed by atoms with E-state index in [1.807, 2.05) is 0 Å². The number of anilines is 1. The molecule has 13 heteroatoms. The van der Waals surface area contributed by atoms with E-state index in [9.17, 15) is 20.3 Å². The van der Waals surface area contributed by atoms with Crippen LogP contribution in [0, 0.1) is 10.1 Å². The molecule has 0 radical (unpaired) electrons. The molecule has 0 unspecified atom stereocenters. The summed E-state index contributed by atoms with van der Waals surface area (Å²) in [5.74, 6) is 1.71. The predicted octanol–water partition coefficient (Wildman–Crippen LogP) is 0.658. The summed E-state index contributed by atoms with van der Waals surface area (Å²) in [6.45, 7) is 0.900. The molecule has 1 aliphatic rings. The second-order valence-electron chi connectivity index (χ2n) is 7.23. The zero-order valence-corrected chi connectivity index (χ0v) is 17.8. The number of fused-ring (bicyclic) bond motifs is 1. The average Bonchev–Trinajstić information content (AvgIpc) is 3.35. The van der Waals surface area contributed by atoms with Crippen LogP contribution in [0.25, 0.3) is 11.2 Å². The summed E-state index contributed by atoms with van der Waals surface area (Å²) in [4.78, 5) is 23.2. The summed E-state index contributed by atoms with van der Waals surface area (Å²) in [6, 6.07) is 6.20.